The Hall–Kier alpha value is -2.14. The normalized spacial score (nSPS) is 19.3. The van der Waals surface area contributed by atoms with Crippen molar-refractivity contribution < 1.29 is 9.53 Å². The Kier molecular flexibility index (Phi) is 6.04. The molecule has 1 aromatic heterocycles. The van der Waals surface area contributed by atoms with Crippen molar-refractivity contribution in [2.75, 3.05) is 13.2 Å². The quantitative estimate of drug-likeness (QED) is 0.707. The SMILES string of the molecule is Cc1cc(C)c(Cn2ccnc2CN(C[C@H]2CCCO2)C(=O)C2CCC2)c(C)c1. The van der Waals surface area contributed by atoms with Crippen LogP contribution in [-0.2, 0) is 22.6 Å². The highest BCUT2D eigenvalue weighted by molar-refractivity contribution is 5.79. The third-order valence-corrected chi connectivity index (χ3v) is 6.52. The van der Waals surface area contributed by atoms with Crippen molar-refractivity contribution in [3.8, 4) is 0 Å². The number of imidazole rings is 1. The minimum atomic E-state index is 0.170. The molecule has 29 heavy (non-hydrogen) atoms. The molecule has 0 bridgehead atoms. The van der Waals surface area contributed by atoms with Crippen molar-refractivity contribution in [3.05, 3.63) is 52.6 Å². The molecule has 1 aromatic carbocycles. The second-order valence-electron chi connectivity index (χ2n) is 8.83. The van der Waals surface area contributed by atoms with Crippen molar-refractivity contribution in [1.29, 1.82) is 0 Å². The van der Waals surface area contributed by atoms with Crippen molar-refractivity contribution in [2.24, 2.45) is 5.92 Å². The van der Waals surface area contributed by atoms with E-state index in [9.17, 15) is 4.79 Å². The summed E-state index contributed by atoms with van der Waals surface area (Å²) in [5.41, 5.74) is 5.25. The molecule has 4 rings (SSSR count). The van der Waals surface area contributed by atoms with Gasteiger partial charge in [0.05, 0.1) is 12.6 Å². The number of hydrogen-bond acceptors (Lipinski definition) is 3. The fraction of sp³-hybridized carbons (Fsp3) is 0.583. The molecule has 2 fully saturated rings. The highest BCUT2D eigenvalue weighted by atomic mass is 16.5. The minimum absolute atomic E-state index is 0.170. The molecule has 1 saturated carbocycles. The van der Waals surface area contributed by atoms with E-state index in [-0.39, 0.29) is 17.9 Å². The number of hydrogen-bond donors (Lipinski definition) is 0. The molecule has 1 atom stereocenters. The third-order valence-electron chi connectivity index (χ3n) is 6.52. The van der Waals surface area contributed by atoms with Gasteiger partial charge in [-0.25, -0.2) is 4.98 Å². The summed E-state index contributed by atoms with van der Waals surface area (Å²) in [7, 11) is 0. The second-order valence-corrected chi connectivity index (χ2v) is 8.83. The molecule has 1 saturated heterocycles. The average molecular weight is 396 g/mol. The maximum atomic E-state index is 13.1. The van der Waals surface area contributed by atoms with Crippen LogP contribution in [0.5, 0.6) is 0 Å². The molecular weight excluding hydrogens is 362 g/mol. The lowest BCUT2D eigenvalue weighted by molar-refractivity contribution is -0.140. The number of rotatable bonds is 7. The predicted molar refractivity (Wildman–Crippen MR) is 114 cm³/mol. The summed E-state index contributed by atoms with van der Waals surface area (Å²) in [5.74, 6) is 1.43. The van der Waals surface area contributed by atoms with Crippen LogP contribution in [0.2, 0.25) is 0 Å². The Bertz CT molecular complexity index is 840. The van der Waals surface area contributed by atoms with Crippen LogP contribution >= 0.6 is 0 Å². The lowest BCUT2D eigenvalue weighted by Crippen LogP contribution is -2.42. The van der Waals surface area contributed by atoms with Gasteiger partial charge in [-0.3, -0.25) is 4.79 Å². The zero-order valence-electron chi connectivity index (χ0n) is 18.0. The van der Waals surface area contributed by atoms with E-state index in [1.165, 1.54) is 28.7 Å². The number of aromatic nitrogens is 2. The number of aryl methyl sites for hydroxylation is 3. The Morgan fingerprint density at radius 2 is 1.93 bits per heavy atom. The van der Waals surface area contributed by atoms with Gasteiger partial charge in [0.2, 0.25) is 5.91 Å². The van der Waals surface area contributed by atoms with Crippen LogP contribution in [0.1, 0.15) is 60.2 Å². The monoisotopic (exact) mass is 395 g/mol. The van der Waals surface area contributed by atoms with E-state index in [1.54, 1.807) is 0 Å². The Labute approximate surface area is 174 Å². The van der Waals surface area contributed by atoms with Gasteiger partial charge < -0.3 is 14.2 Å². The zero-order valence-corrected chi connectivity index (χ0v) is 18.0. The van der Waals surface area contributed by atoms with Crippen LogP contribution in [0, 0.1) is 26.7 Å². The topological polar surface area (TPSA) is 47.4 Å². The Morgan fingerprint density at radius 3 is 2.55 bits per heavy atom. The molecule has 0 N–H and O–H groups in total. The van der Waals surface area contributed by atoms with E-state index >= 15 is 0 Å². The first-order valence-electron chi connectivity index (χ1n) is 11.0. The van der Waals surface area contributed by atoms with Gasteiger partial charge in [-0.1, -0.05) is 24.1 Å². The van der Waals surface area contributed by atoms with Gasteiger partial charge in [-0.2, -0.15) is 0 Å². The number of nitrogens with zero attached hydrogens (tertiary/aromatic N) is 3. The number of carbonyl (C=O) groups excluding carboxylic acids is 1. The van der Waals surface area contributed by atoms with Crippen LogP contribution in [0.3, 0.4) is 0 Å². The van der Waals surface area contributed by atoms with Crippen LogP contribution < -0.4 is 0 Å². The summed E-state index contributed by atoms with van der Waals surface area (Å²) in [4.78, 5) is 19.7. The summed E-state index contributed by atoms with van der Waals surface area (Å²) in [5, 5.41) is 0. The molecule has 1 aliphatic carbocycles. The van der Waals surface area contributed by atoms with E-state index in [1.807, 2.05) is 17.3 Å². The third kappa shape index (κ3) is 4.55. The molecule has 2 aliphatic rings. The molecule has 1 amide bonds. The molecule has 2 heterocycles. The number of carbonyl (C=O) groups is 1. The van der Waals surface area contributed by atoms with E-state index in [4.69, 9.17) is 4.74 Å². The Balaban J connectivity index is 1.52. The molecule has 0 spiro atoms. The standard InChI is InChI=1S/C24H33N3O2/c1-17-12-18(2)22(19(3)13-17)15-26-10-9-25-23(26)16-27(14-21-8-5-11-29-21)24(28)20-6-4-7-20/h9-10,12-13,20-21H,4-8,11,14-16H2,1-3H3/t21-/m1/s1. The summed E-state index contributed by atoms with van der Waals surface area (Å²) in [6, 6.07) is 4.48. The zero-order chi connectivity index (χ0) is 20.4. The lowest BCUT2D eigenvalue weighted by atomic mass is 9.84. The van der Waals surface area contributed by atoms with E-state index in [0.29, 0.717) is 13.1 Å². The first kappa shape index (κ1) is 20.1. The van der Waals surface area contributed by atoms with Crippen LogP contribution in [0.25, 0.3) is 0 Å². The van der Waals surface area contributed by atoms with Crippen LogP contribution in [0.15, 0.2) is 24.5 Å². The molecule has 2 aromatic rings. The fourth-order valence-electron chi connectivity index (χ4n) is 4.62. The van der Waals surface area contributed by atoms with Gasteiger partial charge in [-0.15, -0.1) is 0 Å². The fourth-order valence-corrected chi connectivity index (χ4v) is 4.62. The number of amides is 1. The summed E-state index contributed by atoms with van der Waals surface area (Å²) < 4.78 is 8.03. The predicted octanol–water partition coefficient (Wildman–Crippen LogP) is 4.16. The van der Waals surface area contributed by atoms with Crippen LogP contribution in [0.4, 0.5) is 0 Å². The highest BCUT2D eigenvalue weighted by Gasteiger charge is 2.32. The van der Waals surface area contributed by atoms with E-state index in [2.05, 4.69) is 42.5 Å². The van der Waals surface area contributed by atoms with E-state index in [0.717, 1.165) is 44.7 Å². The largest absolute Gasteiger partial charge is 0.376 e. The van der Waals surface area contributed by atoms with Gasteiger partial charge >= 0.3 is 0 Å². The minimum Gasteiger partial charge on any atom is -0.376 e. The lowest BCUT2D eigenvalue weighted by Gasteiger charge is -2.33. The van der Waals surface area contributed by atoms with Crippen molar-refractivity contribution in [2.45, 2.75) is 72.1 Å². The summed E-state index contributed by atoms with van der Waals surface area (Å²) >= 11 is 0. The summed E-state index contributed by atoms with van der Waals surface area (Å²) in [6.07, 6.45) is 9.42. The van der Waals surface area contributed by atoms with Crippen molar-refractivity contribution in [1.82, 2.24) is 14.5 Å². The molecular formula is C24H33N3O2. The van der Waals surface area contributed by atoms with Crippen LogP contribution in [-0.4, -0.2) is 39.6 Å². The first-order chi connectivity index (χ1) is 14.0. The highest BCUT2D eigenvalue weighted by Crippen LogP contribution is 2.29. The Morgan fingerprint density at radius 1 is 1.17 bits per heavy atom. The molecule has 1 aliphatic heterocycles. The van der Waals surface area contributed by atoms with Gasteiger partial charge in [0, 0.05) is 38.0 Å². The molecule has 5 heteroatoms. The maximum Gasteiger partial charge on any atom is 0.226 e. The maximum absolute atomic E-state index is 13.1. The number of benzene rings is 1. The van der Waals surface area contributed by atoms with Gasteiger partial charge in [0.15, 0.2) is 0 Å². The first-order valence-corrected chi connectivity index (χ1v) is 11.0. The van der Waals surface area contributed by atoms with Crippen molar-refractivity contribution >= 4 is 5.91 Å². The summed E-state index contributed by atoms with van der Waals surface area (Å²) in [6.45, 7) is 9.35. The molecule has 0 radical (unpaired) electrons. The van der Waals surface area contributed by atoms with Gasteiger partial charge in [-0.05, 0) is 63.1 Å². The smallest absolute Gasteiger partial charge is 0.226 e. The van der Waals surface area contributed by atoms with Gasteiger partial charge in [0.25, 0.3) is 0 Å². The molecule has 156 valence electrons. The molecule has 0 unspecified atom stereocenters. The average Bonchev–Trinajstić information content (AvgIpc) is 3.28. The van der Waals surface area contributed by atoms with Gasteiger partial charge in [0.1, 0.15) is 5.82 Å². The number of ether oxygens (including phenoxy) is 1. The van der Waals surface area contributed by atoms with Crippen molar-refractivity contribution in [3.63, 3.8) is 0 Å². The second kappa shape index (κ2) is 8.70. The van der Waals surface area contributed by atoms with E-state index < -0.39 is 0 Å². The molecule has 5 nitrogen and oxygen atoms in total.